The zero-order valence-corrected chi connectivity index (χ0v) is 9.27. The third-order valence-electron chi connectivity index (χ3n) is 2.13. The molecule has 1 aromatic rings. The molecule has 1 aromatic heterocycles. The van der Waals surface area contributed by atoms with Crippen molar-refractivity contribution in [2.24, 2.45) is 5.73 Å². The molecule has 1 heterocycles. The lowest BCUT2D eigenvalue weighted by Crippen LogP contribution is -2.30. The minimum absolute atomic E-state index is 0.125. The summed E-state index contributed by atoms with van der Waals surface area (Å²) in [6, 6.07) is 1.72. The summed E-state index contributed by atoms with van der Waals surface area (Å²) in [7, 11) is 1.40. The van der Waals surface area contributed by atoms with Crippen molar-refractivity contribution in [3.63, 3.8) is 0 Å². The zero-order chi connectivity index (χ0) is 12.3. The third kappa shape index (κ3) is 3.86. The molecule has 0 aliphatic carbocycles. The summed E-state index contributed by atoms with van der Waals surface area (Å²) >= 11 is 0. The summed E-state index contributed by atoms with van der Waals surface area (Å²) in [5.41, 5.74) is 6.28. The Morgan fingerprint density at radius 2 is 2.06 bits per heavy atom. The number of nitrogens with two attached hydrogens (primary N) is 1. The highest BCUT2D eigenvalue weighted by Crippen LogP contribution is 2.19. The Balaban J connectivity index is 2.59. The Morgan fingerprint density at radius 1 is 1.44 bits per heavy atom. The van der Waals surface area contributed by atoms with E-state index >= 15 is 0 Å². The van der Waals surface area contributed by atoms with Crippen LogP contribution in [-0.2, 0) is 13.1 Å². The molecule has 2 N–H and O–H groups in total. The average molecular weight is 236 g/mol. The van der Waals surface area contributed by atoms with Crippen molar-refractivity contribution in [3.05, 3.63) is 23.2 Å². The Kier molecular flexibility index (Phi) is 3.98. The maximum absolute atomic E-state index is 12.1. The number of hydrogen-bond acceptors (Lipinski definition) is 3. The molecule has 0 aliphatic heterocycles. The molecule has 0 radical (unpaired) electrons. The first-order chi connectivity index (χ1) is 7.31. The topological polar surface area (TPSA) is 42.4 Å². The Hall–Kier alpha value is -1.01. The minimum atomic E-state index is -4.19. The van der Waals surface area contributed by atoms with Crippen LogP contribution in [0.2, 0.25) is 0 Å². The second-order valence-corrected chi connectivity index (χ2v) is 3.81. The normalized spacial score (nSPS) is 12.4. The van der Waals surface area contributed by atoms with Crippen LogP contribution in [0.5, 0.6) is 0 Å². The van der Waals surface area contributed by atoms with Gasteiger partial charge in [0.05, 0.1) is 19.6 Å². The van der Waals surface area contributed by atoms with E-state index < -0.39 is 12.7 Å². The fourth-order valence-electron chi connectivity index (χ4n) is 1.50. The average Bonchev–Trinajstić information content (AvgIpc) is 2.42. The van der Waals surface area contributed by atoms with E-state index in [2.05, 4.69) is 0 Å². The van der Waals surface area contributed by atoms with Gasteiger partial charge in [-0.2, -0.15) is 13.2 Å². The Bertz CT molecular complexity index is 346. The van der Waals surface area contributed by atoms with E-state index in [0.717, 1.165) is 10.5 Å². The first kappa shape index (κ1) is 13.1. The van der Waals surface area contributed by atoms with Crippen LogP contribution >= 0.6 is 0 Å². The number of aryl methyl sites for hydroxylation is 1. The predicted octanol–water partition coefficient (Wildman–Crippen LogP) is 2.04. The van der Waals surface area contributed by atoms with Gasteiger partial charge in [0.25, 0.3) is 0 Å². The fourth-order valence-corrected chi connectivity index (χ4v) is 1.50. The largest absolute Gasteiger partial charge is 0.463 e. The van der Waals surface area contributed by atoms with Crippen molar-refractivity contribution in [2.45, 2.75) is 26.2 Å². The van der Waals surface area contributed by atoms with Gasteiger partial charge in [0.2, 0.25) is 0 Å². The lowest BCUT2D eigenvalue weighted by Gasteiger charge is -2.16. The molecule has 0 fully saturated rings. The number of halogens is 3. The predicted molar refractivity (Wildman–Crippen MR) is 53.7 cm³/mol. The first-order valence-electron chi connectivity index (χ1n) is 4.85. The van der Waals surface area contributed by atoms with Crippen LogP contribution in [0.15, 0.2) is 10.5 Å². The zero-order valence-electron chi connectivity index (χ0n) is 9.27. The van der Waals surface area contributed by atoms with Crippen LogP contribution in [0.3, 0.4) is 0 Å². The van der Waals surface area contributed by atoms with Crippen LogP contribution in [0.25, 0.3) is 0 Å². The summed E-state index contributed by atoms with van der Waals surface area (Å²) in [5.74, 6) is 1.13. The molecule has 0 saturated heterocycles. The molecule has 1 rings (SSSR count). The van der Waals surface area contributed by atoms with Gasteiger partial charge in [0.1, 0.15) is 11.5 Å². The smallest absolute Gasteiger partial charge is 0.401 e. The van der Waals surface area contributed by atoms with Gasteiger partial charge in [-0.1, -0.05) is 0 Å². The number of hydrogen-bond donors (Lipinski definition) is 1. The molecule has 0 amide bonds. The van der Waals surface area contributed by atoms with Gasteiger partial charge in [-0.25, -0.2) is 0 Å². The molecule has 0 spiro atoms. The van der Waals surface area contributed by atoms with Crippen LogP contribution < -0.4 is 5.73 Å². The molecular weight excluding hydrogens is 221 g/mol. The summed E-state index contributed by atoms with van der Waals surface area (Å²) in [6.45, 7) is 1.25. The van der Waals surface area contributed by atoms with E-state index in [4.69, 9.17) is 10.2 Å². The molecule has 0 atom stereocenters. The molecule has 92 valence electrons. The summed E-state index contributed by atoms with van der Waals surface area (Å²) in [4.78, 5) is 1.15. The van der Waals surface area contributed by atoms with E-state index in [9.17, 15) is 13.2 Å². The van der Waals surface area contributed by atoms with Crippen molar-refractivity contribution >= 4 is 0 Å². The molecule has 0 bridgehead atoms. The lowest BCUT2D eigenvalue weighted by atomic mass is 10.2. The Labute approximate surface area is 92.0 Å². The van der Waals surface area contributed by atoms with E-state index in [0.29, 0.717) is 11.5 Å². The first-order valence-corrected chi connectivity index (χ1v) is 4.85. The quantitative estimate of drug-likeness (QED) is 0.869. The van der Waals surface area contributed by atoms with Gasteiger partial charge in [-0.05, 0) is 25.6 Å². The van der Waals surface area contributed by atoms with Crippen LogP contribution in [0, 0.1) is 6.92 Å². The van der Waals surface area contributed by atoms with E-state index in [1.807, 2.05) is 6.92 Å². The third-order valence-corrected chi connectivity index (χ3v) is 2.13. The number of rotatable bonds is 4. The van der Waals surface area contributed by atoms with Crippen molar-refractivity contribution in [2.75, 3.05) is 13.6 Å². The SMILES string of the molecule is Cc1cc(CN(C)CC(F)(F)F)oc1CN. The standard InChI is InChI=1S/C10H15F3N2O/c1-7-3-8(16-9(7)4-14)5-15(2)6-10(11,12)13/h3H,4-6,14H2,1-2H3. The monoisotopic (exact) mass is 236 g/mol. The Morgan fingerprint density at radius 3 is 2.50 bits per heavy atom. The lowest BCUT2D eigenvalue weighted by molar-refractivity contribution is -0.144. The molecule has 3 nitrogen and oxygen atoms in total. The summed E-state index contributed by atoms with van der Waals surface area (Å²) in [5, 5.41) is 0. The van der Waals surface area contributed by atoms with Crippen molar-refractivity contribution in [1.29, 1.82) is 0 Å². The highest BCUT2D eigenvalue weighted by molar-refractivity contribution is 5.19. The molecule has 0 aromatic carbocycles. The highest BCUT2D eigenvalue weighted by Gasteiger charge is 2.29. The van der Waals surface area contributed by atoms with Crippen molar-refractivity contribution < 1.29 is 17.6 Å². The second kappa shape index (κ2) is 4.88. The molecule has 0 saturated carbocycles. The molecule has 0 aliphatic rings. The summed E-state index contributed by atoms with van der Waals surface area (Å²) in [6.07, 6.45) is -4.19. The molecule has 0 unspecified atom stereocenters. The van der Waals surface area contributed by atoms with E-state index in [1.165, 1.54) is 7.05 Å². The molecule has 16 heavy (non-hydrogen) atoms. The number of nitrogens with zero attached hydrogens (tertiary/aromatic N) is 1. The van der Waals surface area contributed by atoms with Crippen LogP contribution in [-0.4, -0.2) is 24.7 Å². The maximum Gasteiger partial charge on any atom is 0.401 e. The van der Waals surface area contributed by atoms with Gasteiger partial charge >= 0.3 is 6.18 Å². The maximum atomic E-state index is 12.1. The van der Waals surface area contributed by atoms with Gasteiger partial charge in [0.15, 0.2) is 0 Å². The number of furan rings is 1. The summed E-state index contributed by atoms with van der Waals surface area (Å²) < 4.78 is 41.5. The van der Waals surface area contributed by atoms with Gasteiger partial charge < -0.3 is 10.2 Å². The van der Waals surface area contributed by atoms with Crippen molar-refractivity contribution in [1.82, 2.24) is 4.90 Å². The van der Waals surface area contributed by atoms with Crippen molar-refractivity contribution in [3.8, 4) is 0 Å². The second-order valence-electron chi connectivity index (χ2n) is 3.81. The molecular formula is C10H15F3N2O. The molecule has 6 heteroatoms. The number of alkyl halides is 3. The highest BCUT2D eigenvalue weighted by atomic mass is 19.4. The fraction of sp³-hybridized carbons (Fsp3) is 0.600. The van der Waals surface area contributed by atoms with Gasteiger partial charge in [-0.15, -0.1) is 0 Å². The van der Waals surface area contributed by atoms with Crippen LogP contribution in [0.4, 0.5) is 13.2 Å². The van der Waals surface area contributed by atoms with E-state index in [-0.39, 0.29) is 13.1 Å². The van der Waals surface area contributed by atoms with Gasteiger partial charge in [0, 0.05) is 0 Å². The van der Waals surface area contributed by atoms with E-state index in [1.54, 1.807) is 6.07 Å². The van der Waals surface area contributed by atoms with Crippen LogP contribution in [0.1, 0.15) is 17.1 Å². The van der Waals surface area contributed by atoms with Gasteiger partial charge in [-0.3, -0.25) is 4.90 Å². The minimum Gasteiger partial charge on any atom is -0.463 e.